The average molecular weight is 345 g/mol. The van der Waals surface area contributed by atoms with Crippen molar-refractivity contribution in [3.63, 3.8) is 0 Å². The summed E-state index contributed by atoms with van der Waals surface area (Å²) in [5, 5.41) is 0. The fourth-order valence-electron chi connectivity index (χ4n) is 2.19. The largest absolute Gasteiger partial charge is 0.497 e. The molecule has 0 bridgehead atoms. The van der Waals surface area contributed by atoms with Crippen LogP contribution in [0.3, 0.4) is 0 Å². The number of anilines is 1. The van der Waals surface area contributed by atoms with Crippen LogP contribution in [0.2, 0.25) is 0 Å². The van der Waals surface area contributed by atoms with Crippen LogP contribution in [0.25, 0.3) is 0 Å². The standard InChI is InChI=1S/C19H23NO3S/c1-15(2)13-14-20(17-7-9-18(23-4)10-8-17)24(21,22)19-11-5-16(3)6-12-19/h5-13H,14H2,1-4H3. The summed E-state index contributed by atoms with van der Waals surface area (Å²) in [6.45, 7) is 6.11. The molecule has 24 heavy (non-hydrogen) atoms. The lowest BCUT2D eigenvalue weighted by Crippen LogP contribution is -2.31. The number of methoxy groups -OCH3 is 1. The number of rotatable bonds is 6. The minimum absolute atomic E-state index is 0.283. The summed E-state index contributed by atoms with van der Waals surface area (Å²) in [4.78, 5) is 0.283. The van der Waals surface area contributed by atoms with Crippen LogP contribution in [0.1, 0.15) is 19.4 Å². The van der Waals surface area contributed by atoms with Crippen molar-refractivity contribution in [3.05, 3.63) is 65.7 Å². The van der Waals surface area contributed by atoms with Gasteiger partial charge in [-0.1, -0.05) is 29.3 Å². The molecule has 128 valence electrons. The second-order valence-electron chi connectivity index (χ2n) is 5.83. The predicted molar refractivity (Wildman–Crippen MR) is 98.1 cm³/mol. The normalized spacial score (nSPS) is 11.0. The van der Waals surface area contributed by atoms with Crippen LogP contribution < -0.4 is 9.04 Å². The van der Waals surface area contributed by atoms with E-state index in [2.05, 4.69) is 0 Å². The maximum atomic E-state index is 13.1. The Morgan fingerprint density at radius 3 is 2.12 bits per heavy atom. The topological polar surface area (TPSA) is 46.6 Å². The molecule has 0 saturated heterocycles. The molecule has 0 aliphatic carbocycles. The van der Waals surface area contributed by atoms with E-state index in [9.17, 15) is 8.42 Å². The van der Waals surface area contributed by atoms with Crippen molar-refractivity contribution in [2.24, 2.45) is 0 Å². The molecule has 0 heterocycles. The lowest BCUT2D eigenvalue weighted by Gasteiger charge is -2.24. The van der Waals surface area contributed by atoms with Gasteiger partial charge in [-0.2, -0.15) is 0 Å². The zero-order chi connectivity index (χ0) is 17.7. The fourth-order valence-corrected chi connectivity index (χ4v) is 3.60. The average Bonchev–Trinajstić information content (AvgIpc) is 2.55. The lowest BCUT2D eigenvalue weighted by molar-refractivity contribution is 0.415. The van der Waals surface area contributed by atoms with E-state index in [1.165, 1.54) is 4.31 Å². The van der Waals surface area contributed by atoms with Crippen LogP contribution in [0.5, 0.6) is 5.75 Å². The Bertz CT molecular complexity index is 803. The minimum Gasteiger partial charge on any atom is -0.497 e. The zero-order valence-corrected chi connectivity index (χ0v) is 15.3. The smallest absolute Gasteiger partial charge is 0.264 e. The summed E-state index contributed by atoms with van der Waals surface area (Å²) in [5.74, 6) is 0.689. The fraction of sp³-hybridized carbons (Fsp3) is 0.263. The second kappa shape index (κ2) is 7.53. The molecule has 0 amide bonds. The Morgan fingerprint density at radius 2 is 1.62 bits per heavy atom. The molecule has 2 aromatic carbocycles. The van der Waals surface area contributed by atoms with E-state index in [0.29, 0.717) is 11.4 Å². The van der Waals surface area contributed by atoms with Crippen molar-refractivity contribution in [1.82, 2.24) is 0 Å². The summed E-state index contributed by atoms with van der Waals surface area (Å²) in [7, 11) is -2.06. The highest BCUT2D eigenvalue weighted by Gasteiger charge is 2.24. The van der Waals surface area contributed by atoms with Gasteiger partial charge in [0.2, 0.25) is 0 Å². The highest BCUT2D eigenvalue weighted by Crippen LogP contribution is 2.26. The van der Waals surface area contributed by atoms with Crippen molar-refractivity contribution in [3.8, 4) is 5.75 Å². The molecular formula is C19H23NO3S. The molecule has 2 rings (SSSR count). The van der Waals surface area contributed by atoms with Gasteiger partial charge in [-0.05, 0) is 57.2 Å². The highest BCUT2D eigenvalue weighted by atomic mass is 32.2. The van der Waals surface area contributed by atoms with E-state index in [-0.39, 0.29) is 11.4 Å². The summed E-state index contributed by atoms with van der Waals surface area (Å²) < 4.78 is 32.7. The molecule has 0 N–H and O–H groups in total. The molecule has 0 aromatic heterocycles. The van der Waals surface area contributed by atoms with Gasteiger partial charge in [0.25, 0.3) is 10.0 Å². The third kappa shape index (κ3) is 4.17. The molecule has 5 heteroatoms. The number of ether oxygens (including phenoxy) is 1. The van der Waals surface area contributed by atoms with Crippen molar-refractivity contribution in [2.45, 2.75) is 25.7 Å². The number of benzene rings is 2. The van der Waals surface area contributed by atoms with Crippen LogP contribution >= 0.6 is 0 Å². The van der Waals surface area contributed by atoms with Crippen LogP contribution in [0, 0.1) is 6.92 Å². The van der Waals surface area contributed by atoms with Gasteiger partial charge >= 0.3 is 0 Å². The van der Waals surface area contributed by atoms with Gasteiger partial charge in [-0.3, -0.25) is 4.31 Å². The van der Waals surface area contributed by atoms with Crippen molar-refractivity contribution in [2.75, 3.05) is 18.0 Å². The van der Waals surface area contributed by atoms with E-state index in [1.807, 2.05) is 26.8 Å². The molecule has 0 spiro atoms. The molecule has 0 fully saturated rings. The van der Waals surface area contributed by atoms with Gasteiger partial charge < -0.3 is 4.74 Å². The first-order chi connectivity index (χ1) is 11.3. The van der Waals surface area contributed by atoms with Crippen molar-refractivity contribution < 1.29 is 13.2 Å². The third-order valence-electron chi connectivity index (χ3n) is 3.63. The van der Waals surface area contributed by atoms with Crippen LogP contribution in [0.15, 0.2) is 65.1 Å². The number of hydrogen-bond donors (Lipinski definition) is 0. The van der Waals surface area contributed by atoms with Gasteiger partial charge in [0, 0.05) is 0 Å². The Labute approximate surface area is 144 Å². The maximum absolute atomic E-state index is 13.1. The first-order valence-corrected chi connectivity index (χ1v) is 9.15. The van der Waals surface area contributed by atoms with E-state index in [1.54, 1.807) is 55.6 Å². The molecule has 0 aliphatic rings. The summed E-state index contributed by atoms with van der Waals surface area (Å²) >= 11 is 0. The molecule has 0 unspecified atom stereocenters. The summed E-state index contributed by atoms with van der Waals surface area (Å²) in [6.07, 6.45) is 1.90. The third-order valence-corrected chi connectivity index (χ3v) is 5.44. The Kier molecular flexibility index (Phi) is 5.67. The minimum atomic E-state index is -3.64. The van der Waals surface area contributed by atoms with Gasteiger partial charge in [0.05, 0.1) is 24.2 Å². The van der Waals surface area contributed by atoms with E-state index in [4.69, 9.17) is 4.74 Å². The summed E-state index contributed by atoms with van der Waals surface area (Å²) in [6, 6.07) is 13.9. The first-order valence-electron chi connectivity index (χ1n) is 7.71. The highest BCUT2D eigenvalue weighted by molar-refractivity contribution is 7.92. The Morgan fingerprint density at radius 1 is 1.04 bits per heavy atom. The van der Waals surface area contributed by atoms with Gasteiger partial charge in [0.15, 0.2) is 0 Å². The van der Waals surface area contributed by atoms with Gasteiger partial charge in [-0.15, -0.1) is 0 Å². The van der Waals surface area contributed by atoms with Crippen LogP contribution in [-0.4, -0.2) is 22.1 Å². The Hall–Kier alpha value is -2.27. The zero-order valence-electron chi connectivity index (χ0n) is 14.5. The predicted octanol–water partition coefficient (Wildman–Crippen LogP) is 4.17. The van der Waals surface area contributed by atoms with Gasteiger partial charge in [-0.25, -0.2) is 8.42 Å². The molecule has 4 nitrogen and oxygen atoms in total. The molecular weight excluding hydrogens is 322 g/mol. The molecule has 0 aliphatic heterocycles. The number of hydrogen-bond acceptors (Lipinski definition) is 3. The Balaban J connectivity index is 2.47. The lowest BCUT2D eigenvalue weighted by atomic mass is 10.2. The summed E-state index contributed by atoms with van der Waals surface area (Å²) in [5.41, 5.74) is 2.69. The van der Waals surface area contributed by atoms with Gasteiger partial charge in [0.1, 0.15) is 5.75 Å². The second-order valence-corrected chi connectivity index (χ2v) is 7.69. The monoisotopic (exact) mass is 345 g/mol. The quantitative estimate of drug-likeness (QED) is 0.738. The van der Waals surface area contributed by atoms with Crippen LogP contribution in [-0.2, 0) is 10.0 Å². The molecule has 0 saturated carbocycles. The van der Waals surface area contributed by atoms with E-state index in [0.717, 1.165) is 11.1 Å². The molecule has 0 atom stereocenters. The number of aryl methyl sites for hydroxylation is 1. The van der Waals surface area contributed by atoms with Crippen molar-refractivity contribution in [1.29, 1.82) is 0 Å². The molecule has 0 radical (unpaired) electrons. The van der Waals surface area contributed by atoms with E-state index < -0.39 is 10.0 Å². The number of nitrogens with zero attached hydrogens (tertiary/aromatic N) is 1. The van der Waals surface area contributed by atoms with Crippen LogP contribution in [0.4, 0.5) is 5.69 Å². The first kappa shape index (κ1) is 18.1. The van der Waals surface area contributed by atoms with Crippen molar-refractivity contribution >= 4 is 15.7 Å². The molecule has 2 aromatic rings. The van der Waals surface area contributed by atoms with E-state index >= 15 is 0 Å². The maximum Gasteiger partial charge on any atom is 0.264 e. The SMILES string of the molecule is COc1ccc(N(CC=C(C)C)S(=O)(=O)c2ccc(C)cc2)cc1. The number of sulfonamides is 1. The number of allylic oxidation sites excluding steroid dienone is 1.